The Kier molecular flexibility index (Phi) is 3.69. The molecule has 4 heteroatoms. The summed E-state index contributed by atoms with van der Waals surface area (Å²) >= 11 is 0. The van der Waals surface area contributed by atoms with Crippen LogP contribution in [0.5, 0.6) is 0 Å². The zero-order chi connectivity index (χ0) is 12.4. The normalized spacial score (nSPS) is 28.8. The maximum absolute atomic E-state index is 12.5. The fourth-order valence-corrected chi connectivity index (χ4v) is 3.14. The summed E-state index contributed by atoms with van der Waals surface area (Å²) in [6, 6.07) is 0.219. The fourth-order valence-electron chi connectivity index (χ4n) is 3.14. The molecule has 2 aliphatic heterocycles. The van der Waals surface area contributed by atoms with Crippen LogP contribution in [0.15, 0.2) is 0 Å². The molecule has 2 saturated heterocycles. The highest BCUT2D eigenvalue weighted by molar-refractivity contribution is 5.87. The molecular formula is C13H22N2O2. The molecule has 0 aromatic rings. The molecule has 17 heavy (non-hydrogen) atoms. The second-order valence-corrected chi connectivity index (χ2v) is 5.11. The van der Waals surface area contributed by atoms with Gasteiger partial charge in [0.15, 0.2) is 0 Å². The number of carbonyl (C=O) groups is 2. The van der Waals surface area contributed by atoms with Gasteiger partial charge in [-0.05, 0) is 32.1 Å². The minimum Gasteiger partial charge on any atom is -0.338 e. The van der Waals surface area contributed by atoms with Gasteiger partial charge in [0.25, 0.3) is 0 Å². The summed E-state index contributed by atoms with van der Waals surface area (Å²) in [4.78, 5) is 27.7. The molecular weight excluding hydrogens is 216 g/mol. The van der Waals surface area contributed by atoms with Crippen LogP contribution in [0.4, 0.5) is 0 Å². The molecule has 0 aromatic carbocycles. The number of nitrogens with zero attached hydrogens (tertiary/aromatic N) is 2. The van der Waals surface area contributed by atoms with E-state index in [9.17, 15) is 9.59 Å². The third kappa shape index (κ3) is 2.31. The summed E-state index contributed by atoms with van der Waals surface area (Å²) < 4.78 is 0. The van der Waals surface area contributed by atoms with Crippen LogP contribution in [-0.4, -0.2) is 46.8 Å². The molecule has 1 unspecified atom stereocenters. The van der Waals surface area contributed by atoms with Gasteiger partial charge in [0.05, 0.1) is 0 Å². The van der Waals surface area contributed by atoms with Crippen molar-refractivity contribution < 1.29 is 9.59 Å². The molecule has 0 N–H and O–H groups in total. The van der Waals surface area contributed by atoms with Crippen molar-refractivity contribution in [2.24, 2.45) is 0 Å². The van der Waals surface area contributed by atoms with Crippen LogP contribution in [0.2, 0.25) is 0 Å². The Morgan fingerprint density at radius 2 is 1.76 bits per heavy atom. The van der Waals surface area contributed by atoms with E-state index in [0.717, 1.165) is 45.2 Å². The smallest absolute Gasteiger partial charge is 0.245 e. The highest BCUT2D eigenvalue weighted by Gasteiger charge is 2.38. The highest BCUT2D eigenvalue weighted by Crippen LogP contribution is 2.25. The molecule has 4 nitrogen and oxygen atoms in total. The van der Waals surface area contributed by atoms with Gasteiger partial charge in [-0.3, -0.25) is 9.59 Å². The molecule has 0 spiro atoms. The standard InChI is InChI=1S/C13H22N2O2/c1-3-11-6-4-9-15(11)13(17)12-7-5-8-14(12)10(2)16/h11-12H,3-9H2,1-2H3/t11?,12-/m1/s1. The van der Waals surface area contributed by atoms with Gasteiger partial charge in [0.1, 0.15) is 6.04 Å². The Morgan fingerprint density at radius 1 is 1.12 bits per heavy atom. The van der Waals surface area contributed by atoms with Crippen molar-refractivity contribution in [1.82, 2.24) is 9.80 Å². The monoisotopic (exact) mass is 238 g/mol. The molecule has 0 aromatic heterocycles. The van der Waals surface area contributed by atoms with Crippen molar-refractivity contribution in [1.29, 1.82) is 0 Å². The average molecular weight is 238 g/mol. The number of rotatable bonds is 2. The first-order valence-electron chi connectivity index (χ1n) is 6.72. The minimum absolute atomic E-state index is 0.0353. The number of likely N-dealkylation sites (tertiary alicyclic amines) is 2. The Labute approximate surface area is 103 Å². The highest BCUT2D eigenvalue weighted by atomic mass is 16.2. The van der Waals surface area contributed by atoms with E-state index in [2.05, 4.69) is 6.92 Å². The van der Waals surface area contributed by atoms with Crippen molar-refractivity contribution in [3.05, 3.63) is 0 Å². The van der Waals surface area contributed by atoms with Crippen LogP contribution in [0, 0.1) is 0 Å². The van der Waals surface area contributed by atoms with E-state index >= 15 is 0 Å². The van der Waals surface area contributed by atoms with Gasteiger partial charge < -0.3 is 9.80 Å². The summed E-state index contributed by atoms with van der Waals surface area (Å²) in [5.41, 5.74) is 0. The summed E-state index contributed by atoms with van der Waals surface area (Å²) in [5, 5.41) is 0. The molecule has 2 atom stereocenters. The van der Waals surface area contributed by atoms with Crippen LogP contribution < -0.4 is 0 Å². The molecule has 0 radical (unpaired) electrons. The maximum atomic E-state index is 12.5. The minimum atomic E-state index is -0.181. The van der Waals surface area contributed by atoms with Crippen molar-refractivity contribution >= 4 is 11.8 Å². The topological polar surface area (TPSA) is 40.6 Å². The third-order valence-corrected chi connectivity index (χ3v) is 4.07. The van der Waals surface area contributed by atoms with Gasteiger partial charge in [-0.1, -0.05) is 6.92 Å². The molecule has 0 bridgehead atoms. The summed E-state index contributed by atoms with van der Waals surface area (Å²) in [6.45, 7) is 5.32. The fraction of sp³-hybridized carbons (Fsp3) is 0.846. The number of hydrogen-bond donors (Lipinski definition) is 0. The van der Waals surface area contributed by atoms with E-state index in [1.165, 1.54) is 0 Å². The van der Waals surface area contributed by atoms with Crippen LogP contribution in [-0.2, 0) is 9.59 Å². The largest absolute Gasteiger partial charge is 0.338 e. The van der Waals surface area contributed by atoms with E-state index in [4.69, 9.17) is 0 Å². The Hall–Kier alpha value is -1.06. The second-order valence-electron chi connectivity index (χ2n) is 5.11. The van der Waals surface area contributed by atoms with Gasteiger partial charge in [-0.2, -0.15) is 0 Å². The molecule has 0 saturated carbocycles. The quantitative estimate of drug-likeness (QED) is 0.729. The van der Waals surface area contributed by atoms with Gasteiger partial charge in [-0.25, -0.2) is 0 Å². The van der Waals surface area contributed by atoms with Crippen LogP contribution in [0.25, 0.3) is 0 Å². The zero-order valence-corrected chi connectivity index (χ0v) is 10.8. The van der Waals surface area contributed by atoms with Crippen molar-refractivity contribution in [2.45, 2.75) is 58.0 Å². The second kappa shape index (κ2) is 5.07. The molecule has 2 rings (SSSR count). The predicted molar refractivity (Wildman–Crippen MR) is 65.4 cm³/mol. The lowest BCUT2D eigenvalue weighted by atomic mass is 10.1. The first-order chi connectivity index (χ1) is 8.15. The summed E-state index contributed by atoms with van der Waals surface area (Å²) in [7, 11) is 0. The predicted octanol–water partition coefficient (Wildman–Crippen LogP) is 1.40. The molecule has 96 valence electrons. The molecule has 2 amide bonds. The van der Waals surface area contributed by atoms with Gasteiger partial charge >= 0.3 is 0 Å². The number of amides is 2. The summed E-state index contributed by atoms with van der Waals surface area (Å²) in [5.74, 6) is 0.218. The SMILES string of the molecule is CCC1CCCN1C(=O)[C@H]1CCCN1C(C)=O. The molecule has 2 heterocycles. The van der Waals surface area contributed by atoms with Gasteiger partial charge in [-0.15, -0.1) is 0 Å². The Morgan fingerprint density at radius 3 is 2.41 bits per heavy atom. The van der Waals surface area contributed by atoms with Crippen LogP contribution >= 0.6 is 0 Å². The van der Waals surface area contributed by atoms with Crippen LogP contribution in [0.3, 0.4) is 0 Å². The Balaban J connectivity index is 2.06. The first-order valence-corrected chi connectivity index (χ1v) is 6.72. The maximum Gasteiger partial charge on any atom is 0.245 e. The third-order valence-electron chi connectivity index (χ3n) is 4.07. The lowest BCUT2D eigenvalue weighted by Crippen LogP contribution is -2.48. The Bertz CT molecular complexity index is 317. The van der Waals surface area contributed by atoms with E-state index < -0.39 is 0 Å². The molecule has 0 aliphatic carbocycles. The van der Waals surface area contributed by atoms with Gasteiger partial charge in [0.2, 0.25) is 11.8 Å². The van der Waals surface area contributed by atoms with Crippen LogP contribution in [0.1, 0.15) is 46.0 Å². The zero-order valence-electron chi connectivity index (χ0n) is 10.8. The molecule has 2 aliphatic rings. The van der Waals surface area contributed by atoms with E-state index in [1.807, 2.05) is 4.90 Å². The number of hydrogen-bond acceptors (Lipinski definition) is 2. The lowest BCUT2D eigenvalue weighted by molar-refractivity contribution is -0.143. The number of carbonyl (C=O) groups excluding carboxylic acids is 2. The first kappa shape index (κ1) is 12.4. The average Bonchev–Trinajstić information content (AvgIpc) is 2.96. The molecule has 2 fully saturated rings. The lowest BCUT2D eigenvalue weighted by Gasteiger charge is -2.30. The van der Waals surface area contributed by atoms with Crippen molar-refractivity contribution in [2.75, 3.05) is 13.1 Å². The van der Waals surface area contributed by atoms with E-state index in [-0.39, 0.29) is 17.9 Å². The van der Waals surface area contributed by atoms with E-state index in [0.29, 0.717) is 6.04 Å². The van der Waals surface area contributed by atoms with E-state index in [1.54, 1.807) is 11.8 Å². The summed E-state index contributed by atoms with van der Waals surface area (Å²) in [6.07, 6.45) is 5.05. The van der Waals surface area contributed by atoms with Crippen molar-refractivity contribution in [3.8, 4) is 0 Å². The van der Waals surface area contributed by atoms with Gasteiger partial charge in [0, 0.05) is 26.1 Å². The van der Waals surface area contributed by atoms with Crippen molar-refractivity contribution in [3.63, 3.8) is 0 Å².